The summed E-state index contributed by atoms with van der Waals surface area (Å²) in [6, 6.07) is 1.36. The molecule has 14 nitrogen and oxygen atoms in total. The van der Waals surface area contributed by atoms with Crippen molar-refractivity contribution in [3.8, 4) is 11.5 Å². The molecule has 0 radical (unpaired) electrons. The lowest BCUT2D eigenvalue weighted by Crippen LogP contribution is -2.59. The van der Waals surface area contributed by atoms with Gasteiger partial charge in [0.1, 0.15) is 58.8 Å². The summed E-state index contributed by atoms with van der Waals surface area (Å²) in [6.45, 7) is 2.03. The molecule has 2 aliphatic rings. The second-order valence-corrected chi connectivity index (χ2v) is 9.41. The van der Waals surface area contributed by atoms with E-state index in [1.807, 2.05) is 0 Å². The second-order valence-electron chi connectivity index (χ2n) is 8.45. The van der Waals surface area contributed by atoms with Gasteiger partial charge in [-0.05, 0) is 6.92 Å². The van der Waals surface area contributed by atoms with Crippen molar-refractivity contribution in [2.24, 2.45) is 4.99 Å². The summed E-state index contributed by atoms with van der Waals surface area (Å²) in [6.07, 6.45) is -5.26. The largest absolute Gasteiger partial charge is 0.547 e. The normalized spacial score (nSPS) is 29.8. The molecular formula is C22H31N2O12S-. The predicted octanol–water partition coefficient (Wildman–Crippen LogP) is -2.98. The molecule has 0 aliphatic carbocycles. The molecule has 2 aliphatic heterocycles. The lowest BCUT2D eigenvalue weighted by Gasteiger charge is -2.39. The van der Waals surface area contributed by atoms with Gasteiger partial charge in [-0.25, -0.2) is 4.98 Å². The highest BCUT2D eigenvalue weighted by Gasteiger charge is 2.44. The predicted molar refractivity (Wildman–Crippen MR) is 125 cm³/mol. The molecule has 0 amide bonds. The van der Waals surface area contributed by atoms with Crippen molar-refractivity contribution in [2.45, 2.75) is 43.2 Å². The van der Waals surface area contributed by atoms with E-state index < -0.39 is 48.8 Å². The Hall–Kier alpha value is -2.08. The SMILES string of the molecule is C[C@]1(C(=O)[O-])CSC(c2ncc(OCCOCCOCCO[C@@H]3OC(CO)[C@H](O)[C@H](O)C3O)cc2O)=N1. The van der Waals surface area contributed by atoms with Gasteiger partial charge in [-0.3, -0.25) is 4.99 Å². The van der Waals surface area contributed by atoms with E-state index in [1.165, 1.54) is 30.9 Å². The minimum absolute atomic E-state index is 0.0374. The molecule has 0 saturated carbocycles. The van der Waals surface area contributed by atoms with Gasteiger partial charge in [-0.1, -0.05) is 0 Å². The van der Waals surface area contributed by atoms with Crippen LogP contribution in [0.15, 0.2) is 17.3 Å². The summed E-state index contributed by atoms with van der Waals surface area (Å²) in [4.78, 5) is 19.4. The van der Waals surface area contributed by atoms with Crippen molar-refractivity contribution in [1.29, 1.82) is 0 Å². The maximum absolute atomic E-state index is 11.2. The molecule has 15 heteroatoms. The maximum atomic E-state index is 11.2. The molecule has 3 rings (SSSR count). The molecule has 3 heterocycles. The zero-order valence-corrected chi connectivity index (χ0v) is 20.9. The Balaban J connectivity index is 1.26. The molecule has 1 aromatic heterocycles. The highest BCUT2D eigenvalue weighted by atomic mass is 32.2. The molecule has 0 bridgehead atoms. The number of carbonyl (C=O) groups is 1. The molecule has 37 heavy (non-hydrogen) atoms. The van der Waals surface area contributed by atoms with Gasteiger partial charge in [-0.15, -0.1) is 11.8 Å². The fraction of sp³-hybridized carbons (Fsp3) is 0.682. The monoisotopic (exact) mass is 547 g/mol. The van der Waals surface area contributed by atoms with Crippen molar-refractivity contribution in [1.82, 2.24) is 4.98 Å². The number of aromatic nitrogens is 1. The van der Waals surface area contributed by atoms with Crippen LogP contribution in [-0.4, -0.2) is 130 Å². The molecule has 5 N–H and O–H groups in total. The van der Waals surface area contributed by atoms with E-state index in [1.54, 1.807) is 0 Å². The average Bonchev–Trinajstić information content (AvgIpc) is 3.28. The summed E-state index contributed by atoms with van der Waals surface area (Å²) in [7, 11) is 0. The first kappa shape index (κ1) is 29.5. The Kier molecular flexibility index (Phi) is 10.9. The van der Waals surface area contributed by atoms with Gasteiger partial charge in [0.25, 0.3) is 0 Å². The van der Waals surface area contributed by atoms with Gasteiger partial charge >= 0.3 is 0 Å². The number of aliphatic imine (C=N–C) groups is 1. The van der Waals surface area contributed by atoms with Crippen LogP contribution in [0.4, 0.5) is 0 Å². The lowest BCUT2D eigenvalue weighted by atomic mass is 9.99. The smallest absolute Gasteiger partial charge is 0.186 e. The average molecular weight is 548 g/mol. The van der Waals surface area contributed by atoms with E-state index in [0.29, 0.717) is 10.8 Å². The first-order chi connectivity index (χ1) is 17.7. The zero-order chi connectivity index (χ0) is 27.0. The number of aliphatic hydroxyl groups is 4. The van der Waals surface area contributed by atoms with E-state index in [9.17, 15) is 30.3 Å². The minimum atomic E-state index is -1.50. The number of hydrogen-bond donors (Lipinski definition) is 5. The van der Waals surface area contributed by atoms with Crippen molar-refractivity contribution < 1.29 is 59.1 Å². The van der Waals surface area contributed by atoms with E-state index in [-0.39, 0.29) is 56.8 Å². The maximum Gasteiger partial charge on any atom is 0.186 e. The van der Waals surface area contributed by atoms with E-state index in [0.717, 1.165) is 0 Å². The minimum Gasteiger partial charge on any atom is -0.547 e. The molecule has 1 fully saturated rings. The first-order valence-electron chi connectivity index (χ1n) is 11.5. The van der Waals surface area contributed by atoms with Crippen LogP contribution < -0.4 is 9.84 Å². The van der Waals surface area contributed by atoms with Crippen LogP contribution in [0.3, 0.4) is 0 Å². The van der Waals surface area contributed by atoms with Gasteiger partial charge < -0.3 is 59.1 Å². The lowest BCUT2D eigenvalue weighted by molar-refractivity contribution is -0.311. The van der Waals surface area contributed by atoms with Gasteiger partial charge in [0.2, 0.25) is 0 Å². The number of carboxylic acids is 1. The number of thioether (sulfide) groups is 1. The Morgan fingerprint density at radius 2 is 1.81 bits per heavy atom. The molecule has 208 valence electrons. The van der Waals surface area contributed by atoms with Gasteiger partial charge in [-0.2, -0.15) is 0 Å². The number of aliphatic carboxylic acids is 1. The summed E-state index contributed by atoms with van der Waals surface area (Å²) in [5.74, 6) is -0.985. The van der Waals surface area contributed by atoms with Crippen LogP contribution in [0.25, 0.3) is 0 Å². The quantitative estimate of drug-likeness (QED) is 0.147. The summed E-state index contributed by atoms with van der Waals surface area (Å²) in [5.41, 5.74) is -1.19. The Morgan fingerprint density at radius 1 is 1.14 bits per heavy atom. The molecule has 6 atom stereocenters. The van der Waals surface area contributed by atoms with Crippen molar-refractivity contribution >= 4 is 22.8 Å². The van der Waals surface area contributed by atoms with E-state index in [4.69, 9.17) is 28.8 Å². The molecular weight excluding hydrogens is 516 g/mol. The number of pyridine rings is 1. The van der Waals surface area contributed by atoms with Crippen LogP contribution in [-0.2, 0) is 23.7 Å². The summed E-state index contributed by atoms with van der Waals surface area (Å²) < 4.78 is 26.8. The number of aliphatic hydroxyl groups excluding tert-OH is 4. The van der Waals surface area contributed by atoms with Crippen LogP contribution in [0, 0.1) is 0 Å². The standard InChI is InChI=1S/C22H32N2O12S/c1-22(21(30)31)11-37-19(24-22)15-13(26)8-12(9-23-15)34-6-4-32-2-3-33-5-7-35-20-18(29)17(28)16(27)14(10-25)36-20/h8-9,14,16-18,20,25-29H,2-7,10-11H2,1H3,(H,30,31)/p-1/t14?,16-,17-,18?,20+,22+/m0/s1. The van der Waals surface area contributed by atoms with Crippen LogP contribution >= 0.6 is 11.8 Å². The highest BCUT2D eigenvalue weighted by molar-refractivity contribution is 8.14. The van der Waals surface area contributed by atoms with Crippen LogP contribution in [0.2, 0.25) is 0 Å². The van der Waals surface area contributed by atoms with Crippen molar-refractivity contribution in [3.63, 3.8) is 0 Å². The third-order valence-corrected chi connectivity index (χ3v) is 6.81. The number of carboxylic acid groups (broad SMARTS) is 1. The molecule has 0 aromatic carbocycles. The third kappa shape index (κ3) is 7.72. The number of rotatable bonds is 14. The Bertz CT molecular complexity index is 935. The fourth-order valence-electron chi connectivity index (χ4n) is 3.37. The van der Waals surface area contributed by atoms with E-state index in [2.05, 4.69) is 9.98 Å². The fourth-order valence-corrected chi connectivity index (χ4v) is 4.53. The van der Waals surface area contributed by atoms with E-state index >= 15 is 0 Å². The number of aromatic hydroxyl groups is 1. The number of carbonyl (C=O) groups excluding carboxylic acids is 1. The van der Waals surface area contributed by atoms with Gasteiger partial charge in [0.05, 0.1) is 51.8 Å². The number of hydrogen-bond acceptors (Lipinski definition) is 15. The van der Waals surface area contributed by atoms with Gasteiger partial charge in [0.15, 0.2) is 6.29 Å². The Labute approximate surface area is 216 Å². The molecule has 1 saturated heterocycles. The summed E-state index contributed by atoms with van der Waals surface area (Å²) in [5, 5.41) is 60.3. The van der Waals surface area contributed by atoms with Crippen molar-refractivity contribution in [2.75, 3.05) is 52.0 Å². The third-order valence-electron chi connectivity index (χ3n) is 5.55. The van der Waals surface area contributed by atoms with Crippen LogP contribution in [0.1, 0.15) is 12.6 Å². The first-order valence-corrected chi connectivity index (χ1v) is 12.5. The highest BCUT2D eigenvalue weighted by Crippen LogP contribution is 2.33. The second kappa shape index (κ2) is 13.6. The van der Waals surface area contributed by atoms with Crippen LogP contribution in [0.5, 0.6) is 11.5 Å². The number of ether oxygens (including phenoxy) is 5. The zero-order valence-electron chi connectivity index (χ0n) is 20.1. The molecule has 2 unspecified atom stereocenters. The Morgan fingerprint density at radius 3 is 2.43 bits per heavy atom. The van der Waals surface area contributed by atoms with Crippen molar-refractivity contribution in [3.05, 3.63) is 18.0 Å². The number of nitrogens with zero attached hydrogens (tertiary/aromatic N) is 2. The molecule has 0 spiro atoms. The summed E-state index contributed by atoms with van der Waals surface area (Å²) >= 11 is 1.17. The topological polar surface area (TPSA) is 213 Å². The van der Waals surface area contributed by atoms with Gasteiger partial charge in [0, 0.05) is 11.8 Å². The molecule has 1 aromatic rings.